The molecule has 2 N–H and O–H groups in total. The van der Waals surface area contributed by atoms with Crippen LogP contribution in [0.25, 0.3) is 0 Å². The second-order valence-electron chi connectivity index (χ2n) is 3.45. The highest BCUT2D eigenvalue weighted by atomic mass is 32.1. The molecular weight excluding hydrogens is 256 g/mol. The molecule has 0 unspecified atom stereocenters. The Balaban J connectivity index is 2.67. The van der Waals surface area contributed by atoms with E-state index in [9.17, 15) is 4.79 Å². The van der Waals surface area contributed by atoms with Gasteiger partial charge in [0.05, 0.1) is 13.2 Å². The number of carbonyl (C=O) groups excluding carboxylic acids is 1. The molecule has 0 radical (unpaired) electrons. The zero-order valence-electron chi connectivity index (χ0n) is 10.5. The number of rotatable bonds is 8. The van der Waals surface area contributed by atoms with Gasteiger partial charge < -0.3 is 20.1 Å². The maximum Gasteiger partial charge on any atom is 0.285 e. The lowest BCUT2D eigenvalue weighted by molar-refractivity contribution is 0.0655. The number of nitrogens with one attached hydrogen (secondary N) is 1. The average molecular weight is 274 g/mol. The minimum Gasteiger partial charge on any atom is -0.395 e. The van der Waals surface area contributed by atoms with Crippen molar-refractivity contribution in [2.24, 2.45) is 0 Å². The van der Waals surface area contributed by atoms with E-state index in [-0.39, 0.29) is 19.1 Å². The van der Waals surface area contributed by atoms with Gasteiger partial charge in [-0.15, -0.1) is 10.2 Å². The first-order valence-corrected chi connectivity index (χ1v) is 6.51. The number of aliphatic hydroxyl groups is 1. The standard InChI is InChI=1S/C10H18N4O3S/c1-3-11-10-13-12-8(18-10)9(16)14(4-6-15)5-7-17-2/h15H,3-7H2,1-2H3,(H,11,13). The van der Waals surface area contributed by atoms with Crippen molar-refractivity contribution in [2.75, 3.05) is 45.3 Å². The predicted molar refractivity (Wildman–Crippen MR) is 68.9 cm³/mol. The number of aromatic nitrogens is 2. The van der Waals surface area contributed by atoms with Crippen LogP contribution < -0.4 is 5.32 Å². The van der Waals surface area contributed by atoms with Gasteiger partial charge in [-0.1, -0.05) is 11.3 Å². The highest BCUT2D eigenvalue weighted by Gasteiger charge is 2.19. The zero-order chi connectivity index (χ0) is 13.4. The molecule has 1 heterocycles. The summed E-state index contributed by atoms with van der Waals surface area (Å²) in [5, 5.41) is 20.6. The number of ether oxygens (including phenoxy) is 1. The summed E-state index contributed by atoms with van der Waals surface area (Å²) in [4.78, 5) is 13.6. The van der Waals surface area contributed by atoms with Crippen LogP contribution in [0.3, 0.4) is 0 Å². The minimum absolute atomic E-state index is 0.0890. The van der Waals surface area contributed by atoms with E-state index in [0.29, 0.717) is 23.3 Å². The summed E-state index contributed by atoms with van der Waals surface area (Å²) in [6.07, 6.45) is 0. The lowest BCUT2D eigenvalue weighted by Gasteiger charge is -2.19. The van der Waals surface area contributed by atoms with Crippen molar-refractivity contribution in [3.63, 3.8) is 0 Å². The molecule has 8 heteroatoms. The number of nitrogens with zero attached hydrogens (tertiary/aromatic N) is 3. The van der Waals surface area contributed by atoms with Crippen molar-refractivity contribution in [3.05, 3.63) is 5.01 Å². The van der Waals surface area contributed by atoms with Crippen molar-refractivity contribution in [1.82, 2.24) is 15.1 Å². The number of anilines is 1. The van der Waals surface area contributed by atoms with Gasteiger partial charge in [0.15, 0.2) is 0 Å². The van der Waals surface area contributed by atoms with E-state index >= 15 is 0 Å². The summed E-state index contributed by atoms with van der Waals surface area (Å²) in [5.74, 6) is -0.234. The first-order valence-electron chi connectivity index (χ1n) is 5.69. The molecule has 0 saturated carbocycles. The zero-order valence-corrected chi connectivity index (χ0v) is 11.4. The van der Waals surface area contributed by atoms with Gasteiger partial charge in [0.1, 0.15) is 0 Å². The van der Waals surface area contributed by atoms with Crippen molar-refractivity contribution < 1.29 is 14.6 Å². The molecule has 0 aromatic carbocycles. The second kappa shape index (κ2) is 7.96. The highest BCUT2D eigenvalue weighted by Crippen LogP contribution is 2.16. The Morgan fingerprint density at radius 2 is 2.28 bits per heavy atom. The summed E-state index contributed by atoms with van der Waals surface area (Å²) < 4.78 is 4.93. The molecule has 0 saturated heterocycles. The van der Waals surface area contributed by atoms with Crippen molar-refractivity contribution >= 4 is 22.4 Å². The number of hydrogen-bond acceptors (Lipinski definition) is 7. The summed E-state index contributed by atoms with van der Waals surface area (Å²) in [6.45, 7) is 3.69. The number of methoxy groups -OCH3 is 1. The first kappa shape index (κ1) is 14.8. The van der Waals surface area contributed by atoms with Gasteiger partial charge in [0.2, 0.25) is 10.1 Å². The van der Waals surface area contributed by atoms with Crippen LogP contribution in [0.1, 0.15) is 16.7 Å². The number of carbonyl (C=O) groups is 1. The molecule has 1 aromatic heterocycles. The molecule has 102 valence electrons. The van der Waals surface area contributed by atoms with E-state index < -0.39 is 0 Å². The quantitative estimate of drug-likeness (QED) is 0.696. The second-order valence-corrected chi connectivity index (χ2v) is 4.43. The Hall–Kier alpha value is -1.25. The van der Waals surface area contributed by atoms with Crippen molar-refractivity contribution in [1.29, 1.82) is 0 Å². The Kier molecular flexibility index (Phi) is 6.55. The Labute approximate surface area is 110 Å². The fourth-order valence-corrected chi connectivity index (χ4v) is 2.08. The van der Waals surface area contributed by atoms with Crippen molar-refractivity contribution in [2.45, 2.75) is 6.92 Å². The molecule has 0 aliphatic carbocycles. The third-order valence-corrected chi connectivity index (χ3v) is 3.03. The topological polar surface area (TPSA) is 87.6 Å². The average Bonchev–Trinajstić information content (AvgIpc) is 2.83. The van der Waals surface area contributed by atoms with Crippen LogP contribution >= 0.6 is 11.3 Å². The molecular formula is C10H18N4O3S. The van der Waals surface area contributed by atoms with Crippen molar-refractivity contribution in [3.8, 4) is 0 Å². The lowest BCUT2D eigenvalue weighted by Crippen LogP contribution is -2.36. The monoisotopic (exact) mass is 274 g/mol. The molecule has 0 aliphatic heterocycles. The van der Waals surface area contributed by atoms with E-state index in [4.69, 9.17) is 9.84 Å². The molecule has 0 atom stereocenters. The number of amides is 1. The maximum absolute atomic E-state index is 12.1. The smallest absolute Gasteiger partial charge is 0.285 e. The van der Waals surface area contributed by atoms with Crippen LogP contribution in [-0.2, 0) is 4.74 Å². The van der Waals surface area contributed by atoms with Gasteiger partial charge in [-0.25, -0.2) is 0 Å². The maximum atomic E-state index is 12.1. The van der Waals surface area contributed by atoms with Crippen LogP contribution in [0.5, 0.6) is 0 Å². The molecule has 7 nitrogen and oxygen atoms in total. The third-order valence-electron chi connectivity index (χ3n) is 2.16. The van der Waals surface area contributed by atoms with Crippen LogP contribution in [0.4, 0.5) is 5.13 Å². The van der Waals surface area contributed by atoms with E-state index in [2.05, 4.69) is 15.5 Å². The number of aliphatic hydroxyl groups excluding tert-OH is 1. The SMILES string of the molecule is CCNc1nnc(C(=O)N(CCO)CCOC)s1. The minimum atomic E-state index is -0.234. The normalized spacial score (nSPS) is 10.4. The summed E-state index contributed by atoms with van der Waals surface area (Å²) in [5.41, 5.74) is 0. The fraction of sp³-hybridized carbons (Fsp3) is 0.700. The van der Waals surface area contributed by atoms with Crippen LogP contribution in [0.2, 0.25) is 0 Å². The van der Waals surface area contributed by atoms with E-state index in [1.165, 1.54) is 16.2 Å². The molecule has 0 aliphatic rings. The van der Waals surface area contributed by atoms with Gasteiger partial charge in [-0.05, 0) is 6.92 Å². The molecule has 0 spiro atoms. The number of hydrogen-bond donors (Lipinski definition) is 2. The van der Waals surface area contributed by atoms with E-state index in [0.717, 1.165) is 6.54 Å². The van der Waals surface area contributed by atoms with Gasteiger partial charge in [0.25, 0.3) is 5.91 Å². The summed E-state index contributed by atoms with van der Waals surface area (Å²) >= 11 is 1.21. The molecule has 18 heavy (non-hydrogen) atoms. The molecule has 1 aromatic rings. The van der Waals surface area contributed by atoms with Crippen LogP contribution in [0, 0.1) is 0 Å². The van der Waals surface area contributed by atoms with E-state index in [1.807, 2.05) is 6.92 Å². The highest BCUT2D eigenvalue weighted by molar-refractivity contribution is 7.17. The van der Waals surface area contributed by atoms with Gasteiger partial charge in [0, 0.05) is 26.7 Å². The predicted octanol–water partition coefficient (Wildman–Crippen LogP) is 0.0508. The summed E-state index contributed by atoms with van der Waals surface area (Å²) in [6, 6.07) is 0. The van der Waals surface area contributed by atoms with Gasteiger partial charge in [-0.3, -0.25) is 4.79 Å². The summed E-state index contributed by atoms with van der Waals surface area (Å²) in [7, 11) is 1.57. The Morgan fingerprint density at radius 3 is 2.89 bits per heavy atom. The first-order chi connectivity index (χ1) is 8.72. The van der Waals surface area contributed by atoms with E-state index in [1.54, 1.807) is 7.11 Å². The van der Waals surface area contributed by atoms with Gasteiger partial charge in [-0.2, -0.15) is 0 Å². The van der Waals surface area contributed by atoms with Crippen LogP contribution in [-0.4, -0.2) is 66.1 Å². The third kappa shape index (κ3) is 4.21. The Morgan fingerprint density at radius 1 is 1.50 bits per heavy atom. The largest absolute Gasteiger partial charge is 0.395 e. The molecule has 1 amide bonds. The fourth-order valence-electron chi connectivity index (χ4n) is 1.30. The van der Waals surface area contributed by atoms with Crippen LogP contribution in [0.15, 0.2) is 0 Å². The Bertz CT molecular complexity index is 372. The lowest BCUT2D eigenvalue weighted by atomic mass is 10.4. The molecule has 1 rings (SSSR count). The molecule has 0 fully saturated rings. The molecule has 0 bridgehead atoms. The van der Waals surface area contributed by atoms with Gasteiger partial charge >= 0.3 is 0 Å².